The standard InChI is InChI=1S/C19H15ClN6O2/c1-2-15(27)24-14-9-11(7-8-21-14)19-25-16(18-22-10-23-26-18)17(28-19)12-5-3-4-6-13(12)20/h3-10H,2H2,1H3,(H,21,24,27)(H,22,23,26). The molecule has 1 amide bonds. The molecule has 3 aromatic heterocycles. The van der Waals surface area contributed by atoms with Crippen LogP contribution in [0.1, 0.15) is 13.3 Å². The van der Waals surface area contributed by atoms with Crippen LogP contribution in [-0.4, -0.2) is 31.1 Å². The summed E-state index contributed by atoms with van der Waals surface area (Å²) in [6, 6.07) is 10.7. The summed E-state index contributed by atoms with van der Waals surface area (Å²) in [7, 11) is 0. The predicted octanol–water partition coefficient (Wildman–Crippen LogP) is 4.19. The van der Waals surface area contributed by atoms with E-state index >= 15 is 0 Å². The van der Waals surface area contributed by atoms with Gasteiger partial charge in [-0.1, -0.05) is 30.7 Å². The average Bonchev–Trinajstić information content (AvgIpc) is 3.38. The molecule has 140 valence electrons. The van der Waals surface area contributed by atoms with Gasteiger partial charge in [0.05, 0.1) is 5.02 Å². The van der Waals surface area contributed by atoms with Crippen molar-refractivity contribution in [1.29, 1.82) is 0 Å². The summed E-state index contributed by atoms with van der Waals surface area (Å²) in [4.78, 5) is 23.3. The number of amides is 1. The van der Waals surface area contributed by atoms with Crippen LogP contribution in [0, 0.1) is 0 Å². The van der Waals surface area contributed by atoms with Crippen molar-refractivity contribution in [2.24, 2.45) is 0 Å². The van der Waals surface area contributed by atoms with Crippen molar-refractivity contribution in [3.05, 3.63) is 53.9 Å². The SMILES string of the molecule is CCC(=O)Nc1cc(-c2nc(-c3nnc[nH]3)c(-c3ccccc3Cl)o2)ccn1. The van der Waals surface area contributed by atoms with Crippen molar-refractivity contribution in [3.8, 4) is 34.3 Å². The molecular weight excluding hydrogens is 380 g/mol. The summed E-state index contributed by atoms with van der Waals surface area (Å²) in [5.74, 6) is 1.56. The second kappa shape index (κ2) is 7.61. The average molecular weight is 395 g/mol. The molecule has 1 aromatic carbocycles. The maximum atomic E-state index is 11.6. The van der Waals surface area contributed by atoms with Gasteiger partial charge in [0.25, 0.3) is 0 Å². The smallest absolute Gasteiger partial charge is 0.227 e. The highest BCUT2D eigenvalue weighted by atomic mass is 35.5. The molecule has 9 heteroatoms. The van der Waals surface area contributed by atoms with Crippen LogP contribution in [0.15, 0.2) is 53.3 Å². The minimum Gasteiger partial charge on any atom is -0.435 e. The van der Waals surface area contributed by atoms with E-state index < -0.39 is 0 Å². The largest absolute Gasteiger partial charge is 0.435 e. The molecule has 0 saturated carbocycles. The van der Waals surface area contributed by atoms with E-state index in [1.54, 1.807) is 31.3 Å². The summed E-state index contributed by atoms with van der Waals surface area (Å²) in [6.45, 7) is 1.77. The summed E-state index contributed by atoms with van der Waals surface area (Å²) < 4.78 is 6.05. The van der Waals surface area contributed by atoms with Gasteiger partial charge in [-0.15, -0.1) is 10.2 Å². The second-order valence-electron chi connectivity index (χ2n) is 5.85. The van der Waals surface area contributed by atoms with Crippen LogP contribution in [-0.2, 0) is 4.79 Å². The molecule has 8 nitrogen and oxygen atoms in total. The van der Waals surface area contributed by atoms with Gasteiger partial charge in [-0.25, -0.2) is 9.97 Å². The van der Waals surface area contributed by atoms with Gasteiger partial charge < -0.3 is 14.7 Å². The number of hydrogen-bond acceptors (Lipinski definition) is 6. The van der Waals surface area contributed by atoms with E-state index in [0.717, 1.165) is 0 Å². The van der Waals surface area contributed by atoms with Crippen LogP contribution in [0.2, 0.25) is 5.02 Å². The fourth-order valence-electron chi connectivity index (χ4n) is 2.62. The van der Waals surface area contributed by atoms with Crippen molar-refractivity contribution in [1.82, 2.24) is 25.1 Å². The van der Waals surface area contributed by atoms with E-state index in [0.29, 0.717) is 51.6 Å². The highest BCUT2D eigenvalue weighted by Gasteiger charge is 2.22. The van der Waals surface area contributed by atoms with Gasteiger partial charge in [-0.2, -0.15) is 0 Å². The van der Waals surface area contributed by atoms with Crippen LogP contribution in [0.5, 0.6) is 0 Å². The lowest BCUT2D eigenvalue weighted by Gasteiger charge is -2.03. The number of benzene rings is 1. The van der Waals surface area contributed by atoms with Crippen molar-refractivity contribution in [2.45, 2.75) is 13.3 Å². The zero-order valence-corrected chi connectivity index (χ0v) is 15.6. The number of anilines is 1. The van der Waals surface area contributed by atoms with Crippen LogP contribution in [0.4, 0.5) is 5.82 Å². The molecule has 0 radical (unpaired) electrons. The number of aromatic nitrogens is 5. The highest BCUT2D eigenvalue weighted by molar-refractivity contribution is 6.33. The highest BCUT2D eigenvalue weighted by Crippen LogP contribution is 2.37. The van der Waals surface area contributed by atoms with Gasteiger partial charge in [0.15, 0.2) is 17.3 Å². The Morgan fingerprint density at radius 3 is 2.89 bits per heavy atom. The third kappa shape index (κ3) is 3.49. The van der Waals surface area contributed by atoms with E-state index in [1.807, 2.05) is 18.2 Å². The minimum absolute atomic E-state index is 0.129. The van der Waals surface area contributed by atoms with Gasteiger partial charge >= 0.3 is 0 Å². The molecule has 3 heterocycles. The Balaban J connectivity index is 1.82. The van der Waals surface area contributed by atoms with Gasteiger partial charge in [-0.3, -0.25) is 4.79 Å². The fraction of sp³-hybridized carbons (Fsp3) is 0.105. The Hall–Kier alpha value is -3.52. The number of aromatic amines is 1. The first-order valence-electron chi connectivity index (χ1n) is 8.54. The molecule has 0 aliphatic heterocycles. The topological polar surface area (TPSA) is 110 Å². The predicted molar refractivity (Wildman–Crippen MR) is 104 cm³/mol. The molecular formula is C19H15ClN6O2. The van der Waals surface area contributed by atoms with Crippen LogP contribution >= 0.6 is 11.6 Å². The first-order chi connectivity index (χ1) is 13.7. The van der Waals surface area contributed by atoms with Crippen LogP contribution in [0.3, 0.4) is 0 Å². The molecule has 0 spiro atoms. The Morgan fingerprint density at radius 1 is 1.29 bits per heavy atom. The first kappa shape index (κ1) is 17.9. The van der Waals surface area contributed by atoms with E-state index in [2.05, 4.69) is 30.5 Å². The number of carbonyl (C=O) groups excluding carboxylic acids is 1. The quantitative estimate of drug-likeness (QED) is 0.525. The van der Waals surface area contributed by atoms with Gasteiger partial charge in [-0.05, 0) is 24.3 Å². The Bertz CT molecular complexity index is 1120. The molecule has 4 rings (SSSR count). The van der Waals surface area contributed by atoms with Gasteiger partial charge in [0, 0.05) is 23.7 Å². The third-order valence-corrected chi connectivity index (χ3v) is 4.31. The molecule has 0 atom stereocenters. The van der Waals surface area contributed by atoms with E-state index in [9.17, 15) is 4.79 Å². The van der Waals surface area contributed by atoms with E-state index in [1.165, 1.54) is 6.33 Å². The summed E-state index contributed by atoms with van der Waals surface area (Å²) in [5, 5.41) is 11.1. The first-order valence-corrected chi connectivity index (χ1v) is 8.92. The van der Waals surface area contributed by atoms with Crippen molar-refractivity contribution < 1.29 is 9.21 Å². The third-order valence-electron chi connectivity index (χ3n) is 3.98. The normalized spacial score (nSPS) is 10.8. The Kier molecular flexibility index (Phi) is 4.86. The second-order valence-corrected chi connectivity index (χ2v) is 6.25. The molecule has 0 fully saturated rings. The molecule has 0 aliphatic rings. The number of oxazole rings is 1. The number of rotatable bonds is 5. The Labute approximate surface area is 165 Å². The fourth-order valence-corrected chi connectivity index (χ4v) is 2.84. The van der Waals surface area contributed by atoms with E-state index in [-0.39, 0.29) is 5.91 Å². The monoisotopic (exact) mass is 394 g/mol. The minimum atomic E-state index is -0.129. The maximum Gasteiger partial charge on any atom is 0.227 e. The zero-order valence-electron chi connectivity index (χ0n) is 14.8. The summed E-state index contributed by atoms with van der Waals surface area (Å²) in [6.07, 6.45) is 3.40. The lowest BCUT2D eigenvalue weighted by atomic mass is 10.1. The van der Waals surface area contributed by atoms with E-state index in [4.69, 9.17) is 16.0 Å². The van der Waals surface area contributed by atoms with Crippen LogP contribution < -0.4 is 5.32 Å². The number of nitrogens with zero attached hydrogens (tertiary/aromatic N) is 4. The molecule has 0 aliphatic carbocycles. The van der Waals surface area contributed by atoms with Gasteiger partial charge in [0.1, 0.15) is 12.1 Å². The van der Waals surface area contributed by atoms with Crippen molar-refractivity contribution in [2.75, 3.05) is 5.32 Å². The lowest BCUT2D eigenvalue weighted by molar-refractivity contribution is -0.115. The van der Waals surface area contributed by atoms with Crippen molar-refractivity contribution in [3.63, 3.8) is 0 Å². The molecule has 0 saturated heterocycles. The number of halogens is 1. The molecule has 4 aromatic rings. The molecule has 0 bridgehead atoms. The number of nitrogens with one attached hydrogen (secondary N) is 2. The van der Waals surface area contributed by atoms with Gasteiger partial charge in [0.2, 0.25) is 11.8 Å². The zero-order chi connectivity index (χ0) is 19.5. The molecule has 28 heavy (non-hydrogen) atoms. The summed E-state index contributed by atoms with van der Waals surface area (Å²) >= 11 is 6.35. The number of hydrogen-bond donors (Lipinski definition) is 2. The maximum absolute atomic E-state index is 11.6. The summed E-state index contributed by atoms with van der Waals surface area (Å²) in [5.41, 5.74) is 1.82. The Morgan fingerprint density at radius 2 is 2.14 bits per heavy atom. The molecule has 2 N–H and O–H groups in total. The van der Waals surface area contributed by atoms with Crippen LogP contribution in [0.25, 0.3) is 34.3 Å². The number of pyridine rings is 1. The lowest BCUT2D eigenvalue weighted by Crippen LogP contribution is -2.10. The number of carbonyl (C=O) groups is 1. The molecule has 0 unspecified atom stereocenters. The van der Waals surface area contributed by atoms with Crippen molar-refractivity contribution >= 4 is 23.3 Å². The number of H-pyrrole nitrogens is 1.